The predicted octanol–water partition coefficient (Wildman–Crippen LogP) is 3.94. The standard InChI is InChI=1S/C18H24N2O/c1-4-5-10-21-18-17-9-7-6-8-15(17)11-16(20-18)13-19-12-14(2)3/h4,6-9,11,14,19H,1,5,10,12-13H2,2-3H3. The summed E-state index contributed by atoms with van der Waals surface area (Å²) in [4.78, 5) is 4.65. The summed E-state index contributed by atoms with van der Waals surface area (Å²) < 4.78 is 5.82. The van der Waals surface area contributed by atoms with Crippen LogP contribution in [0.3, 0.4) is 0 Å². The van der Waals surface area contributed by atoms with Gasteiger partial charge < -0.3 is 10.1 Å². The molecule has 0 aliphatic rings. The Bertz CT molecular complexity index is 593. The predicted molar refractivity (Wildman–Crippen MR) is 88.6 cm³/mol. The van der Waals surface area contributed by atoms with Crippen LogP contribution in [0.2, 0.25) is 0 Å². The smallest absolute Gasteiger partial charge is 0.221 e. The van der Waals surface area contributed by atoms with Crippen LogP contribution >= 0.6 is 0 Å². The molecule has 1 N–H and O–H groups in total. The minimum absolute atomic E-state index is 0.614. The van der Waals surface area contributed by atoms with Gasteiger partial charge in [-0.1, -0.05) is 38.1 Å². The number of nitrogens with one attached hydrogen (secondary N) is 1. The van der Waals surface area contributed by atoms with Gasteiger partial charge in [-0.15, -0.1) is 6.58 Å². The van der Waals surface area contributed by atoms with Crippen LogP contribution in [0.1, 0.15) is 26.0 Å². The van der Waals surface area contributed by atoms with Crippen LogP contribution in [0.25, 0.3) is 10.8 Å². The zero-order chi connectivity index (χ0) is 15.1. The monoisotopic (exact) mass is 284 g/mol. The number of ether oxygens (including phenoxy) is 1. The summed E-state index contributed by atoms with van der Waals surface area (Å²) >= 11 is 0. The number of nitrogens with zero attached hydrogens (tertiary/aromatic N) is 1. The Labute approximate surface area is 127 Å². The van der Waals surface area contributed by atoms with Crippen molar-refractivity contribution in [3.05, 3.63) is 48.7 Å². The average Bonchev–Trinajstić information content (AvgIpc) is 2.47. The third kappa shape index (κ3) is 4.57. The Hall–Kier alpha value is -1.87. The number of aromatic nitrogens is 1. The maximum atomic E-state index is 5.82. The molecular weight excluding hydrogens is 260 g/mol. The summed E-state index contributed by atoms with van der Waals surface area (Å²) in [6.07, 6.45) is 2.68. The van der Waals surface area contributed by atoms with E-state index in [0.29, 0.717) is 12.5 Å². The SMILES string of the molecule is C=CCCOc1nc(CNCC(C)C)cc2ccccc12. The molecule has 0 saturated heterocycles. The summed E-state index contributed by atoms with van der Waals surface area (Å²) in [6.45, 7) is 10.5. The zero-order valence-electron chi connectivity index (χ0n) is 12.9. The molecule has 21 heavy (non-hydrogen) atoms. The van der Waals surface area contributed by atoms with Gasteiger partial charge in [0.1, 0.15) is 0 Å². The second-order valence-electron chi connectivity index (χ2n) is 5.59. The van der Waals surface area contributed by atoms with Crippen LogP contribution in [0.15, 0.2) is 43.0 Å². The number of pyridine rings is 1. The fourth-order valence-corrected chi connectivity index (χ4v) is 2.15. The second-order valence-corrected chi connectivity index (χ2v) is 5.59. The number of hydrogen-bond acceptors (Lipinski definition) is 3. The number of fused-ring (bicyclic) bond motifs is 1. The molecule has 1 aromatic heterocycles. The third-order valence-electron chi connectivity index (χ3n) is 3.18. The first-order valence-electron chi connectivity index (χ1n) is 7.53. The van der Waals surface area contributed by atoms with E-state index in [-0.39, 0.29) is 0 Å². The van der Waals surface area contributed by atoms with Gasteiger partial charge in [0.15, 0.2) is 0 Å². The van der Waals surface area contributed by atoms with Crippen molar-refractivity contribution in [1.29, 1.82) is 0 Å². The van der Waals surface area contributed by atoms with Gasteiger partial charge >= 0.3 is 0 Å². The normalized spacial score (nSPS) is 11.0. The number of benzene rings is 1. The summed E-state index contributed by atoms with van der Waals surface area (Å²) in [7, 11) is 0. The Balaban J connectivity index is 2.19. The van der Waals surface area contributed by atoms with Crippen molar-refractivity contribution in [3.8, 4) is 5.88 Å². The average molecular weight is 284 g/mol. The van der Waals surface area contributed by atoms with Gasteiger partial charge in [-0.05, 0) is 36.4 Å². The van der Waals surface area contributed by atoms with E-state index in [1.165, 1.54) is 5.39 Å². The van der Waals surface area contributed by atoms with E-state index in [9.17, 15) is 0 Å². The Morgan fingerprint density at radius 3 is 2.90 bits per heavy atom. The van der Waals surface area contributed by atoms with E-state index in [1.807, 2.05) is 18.2 Å². The molecule has 0 aliphatic heterocycles. The highest BCUT2D eigenvalue weighted by Gasteiger charge is 2.07. The lowest BCUT2D eigenvalue weighted by Gasteiger charge is -2.11. The highest BCUT2D eigenvalue weighted by atomic mass is 16.5. The van der Waals surface area contributed by atoms with Crippen LogP contribution in [0.4, 0.5) is 0 Å². The Kier molecular flexibility index (Phi) is 5.76. The third-order valence-corrected chi connectivity index (χ3v) is 3.18. The largest absolute Gasteiger partial charge is 0.477 e. The highest BCUT2D eigenvalue weighted by molar-refractivity contribution is 5.87. The molecular formula is C18H24N2O. The lowest BCUT2D eigenvalue weighted by molar-refractivity contribution is 0.315. The molecule has 0 radical (unpaired) electrons. The Morgan fingerprint density at radius 1 is 1.33 bits per heavy atom. The number of rotatable bonds is 8. The van der Waals surface area contributed by atoms with Gasteiger partial charge in [0.25, 0.3) is 0 Å². The van der Waals surface area contributed by atoms with Crippen molar-refractivity contribution in [2.24, 2.45) is 5.92 Å². The van der Waals surface area contributed by atoms with Crippen molar-refractivity contribution in [3.63, 3.8) is 0 Å². The van der Waals surface area contributed by atoms with Crippen molar-refractivity contribution < 1.29 is 4.74 Å². The first kappa shape index (κ1) is 15.5. The minimum atomic E-state index is 0.614. The quantitative estimate of drug-likeness (QED) is 0.589. The van der Waals surface area contributed by atoms with E-state index in [0.717, 1.165) is 36.5 Å². The van der Waals surface area contributed by atoms with Gasteiger partial charge in [0, 0.05) is 11.9 Å². The van der Waals surface area contributed by atoms with Crippen LogP contribution in [-0.2, 0) is 6.54 Å². The molecule has 0 bridgehead atoms. The number of hydrogen-bond donors (Lipinski definition) is 1. The van der Waals surface area contributed by atoms with Crippen molar-refractivity contribution in [1.82, 2.24) is 10.3 Å². The van der Waals surface area contributed by atoms with Crippen LogP contribution in [-0.4, -0.2) is 18.1 Å². The van der Waals surface area contributed by atoms with Gasteiger partial charge in [-0.3, -0.25) is 0 Å². The summed E-state index contributed by atoms with van der Waals surface area (Å²) in [6, 6.07) is 10.3. The zero-order valence-corrected chi connectivity index (χ0v) is 12.9. The van der Waals surface area contributed by atoms with E-state index < -0.39 is 0 Å². The van der Waals surface area contributed by atoms with Crippen LogP contribution in [0.5, 0.6) is 5.88 Å². The van der Waals surface area contributed by atoms with Gasteiger partial charge in [0.05, 0.1) is 12.3 Å². The molecule has 112 valence electrons. The maximum absolute atomic E-state index is 5.82. The van der Waals surface area contributed by atoms with Gasteiger partial charge in [-0.2, -0.15) is 0 Å². The minimum Gasteiger partial charge on any atom is -0.477 e. The van der Waals surface area contributed by atoms with E-state index in [2.05, 4.69) is 48.9 Å². The molecule has 0 amide bonds. The molecule has 1 aromatic carbocycles. The van der Waals surface area contributed by atoms with E-state index in [1.54, 1.807) is 0 Å². The van der Waals surface area contributed by atoms with E-state index >= 15 is 0 Å². The topological polar surface area (TPSA) is 34.1 Å². The van der Waals surface area contributed by atoms with Crippen molar-refractivity contribution in [2.45, 2.75) is 26.8 Å². The fourth-order valence-electron chi connectivity index (χ4n) is 2.15. The molecule has 0 saturated carbocycles. The lowest BCUT2D eigenvalue weighted by Crippen LogP contribution is -2.19. The molecule has 1 heterocycles. The molecule has 3 nitrogen and oxygen atoms in total. The van der Waals surface area contributed by atoms with Gasteiger partial charge in [0.2, 0.25) is 5.88 Å². The van der Waals surface area contributed by atoms with Gasteiger partial charge in [-0.25, -0.2) is 4.98 Å². The summed E-state index contributed by atoms with van der Waals surface area (Å²) in [5.74, 6) is 1.35. The molecule has 2 rings (SSSR count). The second kappa shape index (κ2) is 7.79. The van der Waals surface area contributed by atoms with Crippen LogP contribution in [0, 0.1) is 5.92 Å². The first-order chi connectivity index (χ1) is 10.2. The molecule has 0 fully saturated rings. The molecule has 0 atom stereocenters. The fraction of sp³-hybridized carbons (Fsp3) is 0.389. The molecule has 0 unspecified atom stereocenters. The van der Waals surface area contributed by atoms with Crippen molar-refractivity contribution in [2.75, 3.05) is 13.2 Å². The molecule has 0 aliphatic carbocycles. The maximum Gasteiger partial charge on any atom is 0.221 e. The molecule has 2 aromatic rings. The summed E-state index contributed by atoms with van der Waals surface area (Å²) in [5.41, 5.74) is 1.02. The lowest BCUT2D eigenvalue weighted by atomic mass is 10.1. The van der Waals surface area contributed by atoms with Crippen molar-refractivity contribution >= 4 is 10.8 Å². The van der Waals surface area contributed by atoms with E-state index in [4.69, 9.17) is 4.74 Å². The molecule has 0 spiro atoms. The Morgan fingerprint density at radius 2 is 2.14 bits per heavy atom. The summed E-state index contributed by atoms with van der Waals surface area (Å²) in [5, 5.41) is 5.66. The highest BCUT2D eigenvalue weighted by Crippen LogP contribution is 2.24. The molecule has 3 heteroatoms. The first-order valence-corrected chi connectivity index (χ1v) is 7.53. The van der Waals surface area contributed by atoms with Crippen LogP contribution < -0.4 is 10.1 Å².